The summed E-state index contributed by atoms with van der Waals surface area (Å²) in [6.45, 7) is 2.85. The number of hydrazone groups is 1. The molecule has 1 aliphatic rings. The number of hydrogen-bond acceptors (Lipinski definition) is 5. The van der Waals surface area contributed by atoms with E-state index in [-0.39, 0.29) is 0 Å². The van der Waals surface area contributed by atoms with Gasteiger partial charge in [-0.2, -0.15) is 5.26 Å². The minimum Gasteiger partial charge on any atom is -0.286 e. The lowest BCUT2D eigenvalue weighted by molar-refractivity contribution is 0.202. The molecule has 1 heterocycles. The van der Waals surface area contributed by atoms with Crippen LogP contribution in [0.3, 0.4) is 0 Å². The van der Waals surface area contributed by atoms with Gasteiger partial charge >= 0.3 is 0 Å². The van der Waals surface area contributed by atoms with Crippen molar-refractivity contribution < 1.29 is 0 Å². The van der Waals surface area contributed by atoms with Gasteiger partial charge in [0, 0.05) is 6.42 Å². The predicted molar refractivity (Wildman–Crippen MR) is 109 cm³/mol. The summed E-state index contributed by atoms with van der Waals surface area (Å²) in [5.41, 5.74) is 10.6. The second kappa shape index (κ2) is 9.37. The van der Waals surface area contributed by atoms with E-state index < -0.39 is 0 Å². The van der Waals surface area contributed by atoms with Gasteiger partial charge < -0.3 is 0 Å². The quantitative estimate of drug-likeness (QED) is 0.744. The summed E-state index contributed by atoms with van der Waals surface area (Å²) in [6, 6.07) is 18.1. The Kier molecular flexibility index (Phi) is 6.40. The molecule has 5 nitrogen and oxygen atoms in total. The molecule has 0 saturated carbocycles. The fourth-order valence-corrected chi connectivity index (χ4v) is 2.81. The first-order valence-corrected chi connectivity index (χ1v) is 9.05. The van der Waals surface area contributed by atoms with E-state index in [0.717, 1.165) is 17.8 Å². The van der Waals surface area contributed by atoms with Crippen molar-refractivity contribution in [3.05, 3.63) is 89.0 Å². The molecule has 2 N–H and O–H groups in total. The largest absolute Gasteiger partial charge is 0.286 e. The highest BCUT2D eigenvalue weighted by Crippen LogP contribution is 2.11. The summed E-state index contributed by atoms with van der Waals surface area (Å²) < 4.78 is 0. The van der Waals surface area contributed by atoms with Crippen LogP contribution in [0.5, 0.6) is 0 Å². The van der Waals surface area contributed by atoms with Gasteiger partial charge in [-0.05, 0) is 35.2 Å². The minimum atomic E-state index is 0.666. The van der Waals surface area contributed by atoms with Crippen LogP contribution in [-0.2, 0) is 12.8 Å². The lowest BCUT2D eigenvalue weighted by Crippen LogP contribution is -2.41. The average Bonchev–Trinajstić information content (AvgIpc) is 3.16. The second-order valence-electron chi connectivity index (χ2n) is 6.21. The van der Waals surface area contributed by atoms with Gasteiger partial charge in [-0.1, -0.05) is 67.6 Å². The van der Waals surface area contributed by atoms with Crippen LogP contribution >= 0.6 is 0 Å². The summed E-state index contributed by atoms with van der Waals surface area (Å²) in [6.07, 6.45) is 10.0. The number of rotatable bonds is 7. The molecule has 2 aromatic carbocycles. The van der Waals surface area contributed by atoms with Crippen LogP contribution in [0.4, 0.5) is 0 Å². The Bertz CT molecular complexity index is 888. The Morgan fingerprint density at radius 3 is 2.70 bits per heavy atom. The zero-order valence-electron chi connectivity index (χ0n) is 15.4. The number of nitrogens with zero attached hydrogens (tertiary/aromatic N) is 3. The Balaban J connectivity index is 1.44. The second-order valence-corrected chi connectivity index (χ2v) is 6.21. The van der Waals surface area contributed by atoms with Crippen LogP contribution in [-0.4, -0.2) is 17.5 Å². The van der Waals surface area contributed by atoms with Gasteiger partial charge in [0.05, 0.1) is 18.2 Å². The molecular weight excluding hydrogens is 334 g/mol. The molecule has 0 bridgehead atoms. The number of amidine groups is 1. The molecule has 0 spiro atoms. The van der Waals surface area contributed by atoms with Crippen molar-refractivity contribution >= 4 is 11.9 Å². The highest BCUT2D eigenvalue weighted by molar-refractivity contribution is 5.84. The normalized spacial score (nSPS) is 14.1. The first kappa shape index (κ1) is 18.4. The smallest absolute Gasteiger partial charge is 0.144 e. The van der Waals surface area contributed by atoms with Crippen LogP contribution in [0.1, 0.15) is 29.2 Å². The van der Waals surface area contributed by atoms with Gasteiger partial charge in [-0.15, -0.1) is 10.2 Å². The van der Waals surface area contributed by atoms with Gasteiger partial charge in [0.1, 0.15) is 5.84 Å². The maximum atomic E-state index is 8.84. The molecule has 2 aromatic rings. The summed E-state index contributed by atoms with van der Waals surface area (Å²) in [4.78, 5) is 0. The highest BCUT2D eigenvalue weighted by atomic mass is 15.9. The topological polar surface area (TPSA) is 63.5 Å². The third-order valence-corrected chi connectivity index (χ3v) is 4.27. The van der Waals surface area contributed by atoms with Crippen molar-refractivity contribution in [2.24, 2.45) is 5.10 Å². The maximum Gasteiger partial charge on any atom is 0.144 e. The zero-order chi connectivity index (χ0) is 18.9. The van der Waals surface area contributed by atoms with E-state index in [1.54, 1.807) is 0 Å². The molecule has 27 heavy (non-hydrogen) atoms. The van der Waals surface area contributed by atoms with Gasteiger partial charge in [-0.25, -0.2) is 5.53 Å². The zero-order valence-corrected chi connectivity index (χ0v) is 15.4. The van der Waals surface area contributed by atoms with E-state index in [1.165, 1.54) is 11.1 Å². The Morgan fingerprint density at radius 1 is 1.11 bits per heavy atom. The van der Waals surface area contributed by atoms with E-state index >= 15 is 0 Å². The molecular formula is C22H23N5. The Morgan fingerprint density at radius 2 is 1.93 bits per heavy atom. The standard InChI is InChI=1S/C22H23N5/c1-2-20-8-5-6-10-21(20)9-4-3-7-15-27-25-22(24-26-27)16-18-11-13-19(17-23)14-12-18/h3-14,26H,2,15-16H2,1H3,(H,24,25). The van der Waals surface area contributed by atoms with E-state index in [0.29, 0.717) is 18.5 Å². The molecule has 3 rings (SSSR count). The molecule has 136 valence electrons. The van der Waals surface area contributed by atoms with Crippen LogP contribution in [0.15, 0.2) is 71.9 Å². The third kappa shape index (κ3) is 5.30. The molecule has 0 fully saturated rings. The molecule has 0 saturated heterocycles. The van der Waals surface area contributed by atoms with E-state index in [1.807, 2.05) is 35.5 Å². The summed E-state index contributed by atoms with van der Waals surface area (Å²) in [7, 11) is 0. The highest BCUT2D eigenvalue weighted by Gasteiger charge is 2.13. The number of nitrogens with one attached hydrogen (secondary N) is 2. The van der Waals surface area contributed by atoms with Crippen LogP contribution < -0.4 is 11.0 Å². The summed E-state index contributed by atoms with van der Waals surface area (Å²) in [5, 5.41) is 15.0. The average molecular weight is 357 g/mol. The minimum absolute atomic E-state index is 0.666. The number of nitriles is 1. The molecule has 0 unspecified atom stereocenters. The van der Waals surface area contributed by atoms with Crippen molar-refractivity contribution in [2.45, 2.75) is 19.8 Å². The number of allylic oxidation sites excluding steroid dienone is 2. The van der Waals surface area contributed by atoms with E-state index in [4.69, 9.17) is 5.26 Å². The maximum absolute atomic E-state index is 8.84. The molecule has 1 aliphatic heterocycles. The first-order valence-electron chi connectivity index (χ1n) is 9.05. The molecule has 0 amide bonds. The predicted octanol–water partition coefficient (Wildman–Crippen LogP) is 3.57. The molecule has 0 aliphatic carbocycles. The van der Waals surface area contributed by atoms with Crippen LogP contribution in [0.2, 0.25) is 0 Å². The summed E-state index contributed by atoms with van der Waals surface area (Å²) in [5.74, 6) is 0.848. The van der Waals surface area contributed by atoms with Crippen molar-refractivity contribution in [2.75, 3.05) is 6.54 Å². The van der Waals surface area contributed by atoms with Gasteiger partial charge in [0.15, 0.2) is 0 Å². The number of hydrogen-bond donors (Lipinski definition) is 2. The van der Waals surface area contributed by atoms with Crippen LogP contribution in [0.25, 0.3) is 6.08 Å². The number of hydrazine groups is 2. The van der Waals surface area contributed by atoms with Gasteiger partial charge in [0.2, 0.25) is 0 Å². The molecule has 0 aromatic heterocycles. The molecule has 0 atom stereocenters. The van der Waals surface area contributed by atoms with Crippen molar-refractivity contribution in [3.63, 3.8) is 0 Å². The fourth-order valence-electron chi connectivity index (χ4n) is 2.81. The SMILES string of the molecule is CCc1ccccc1C=CC=CCN1NN=C(Cc2ccc(C#N)cc2)N1. The Hall–Kier alpha value is -3.36. The van der Waals surface area contributed by atoms with Crippen LogP contribution in [0, 0.1) is 11.3 Å². The summed E-state index contributed by atoms with van der Waals surface area (Å²) >= 11 is 0. The monoisotopic (exact) mass is 357 g/mol. The molecule has 0 radical (unpaired) electrons. The molecule has 5 heteroatoms. The first-order chi connectivity index (χ1) is 13.3. The van der Waals surface area contributed by atoms with Crippen molar-refractivity contribution in [1.82, 2.24) is 16.1 Å². The Labute approximate surface area is 160 Å². The van der Waals surface area contributed by atoms with E-state index in [9.17, 15) is 0 Å². The van der Waals surface area contributed by atoms with E-state index in [2.05, 4.69) is 71.5 Å². The third-order valence-electron chi connectivity index (χ3n) is 4.27. The van der Waals surface area contributed by atoms with Gasteiger partial charge in [-0.3, -0.25) is 5.43 Å². The van der Waals surface area contributed by atoms with Gasteiger partial charge in [0.25, 0.3) is 0 Å². The van der Waals surface area contributed by atoms with Crippen molar-refractivity contribution in [1.29, 1.82) is 5.26 Å². The fraction of sp³-hybridized carbons (Fsp3) is 0.182. The lowest BCUT2D eigenvalue weighted by Gasteiger charge is -2.13. The lowest BCUT2D eigenvalue weighted by atomic mass is 10.1. The number of benzene rings is 2. The number of aryl methyl sites for hydroxylation is 1. The van der Waals surface area contributed by atoms with Crippen molar-refractivity contribution in [3.8, 4) is 6.07 Å².